The van der Waals surface area contributed by atoms with Crippen LogP contribution in [0.1, 0.15) is 12.8 Å². The Morgan fingerprint density at radius 1 is 1.58 bits per heavy atom. The van der Waals surface area contributed by atoms with Crippen LogP contribution in [0.4, 0.5) is 0 Å². The van der Waals surface area contributed by atoms with Gasteiger partial charge in [0.15, 0.2) is 0 Å². The second-order valence-corrected chi connectivity index (χ2v) is 3.37. The normalized spacial score (nSPS) is 13.5. The summed E-state index contributed by atoms with van der Waals surface area (Å²) in [5.74, 6) is 1.12. The Morgan fingerprint density at radius 2 is 2.33 bits per heavy atom. The molecule has 0 aromatic rings. The van der Waals surface area contributed by atoms with Gasteiger partial charge in [-0.3, -0.25) is 0 Å². The predicted octanol–water partition coefficient (Wildman–Crippen LogP) is 1.90. The van der Waals surface area contributed by atoms with Crippen molar-refractivity contribution < 1.29 is 9.53 Å². The van der Waals surface area contributed by atoms with Gasteiger partial charge in [0.25, 0.3) is 0 Å². The summed E-state index contributed by atoms with van der Waals surface area (Å²) in [4.78, 5) is 10.1. The maximum absolute atomic E-state index is 10.1. The summed E-state index contributed by atoms with van der Waals surface area (Å²) in [6.45, 7) is 0. The lowest BCUT2D eigenvalue weighted by Gasteiger charge is -2.05. The zero-order valence-electron chi connectivity index (χ0n) is 7.66. The standard InChI is InChI=1S/C9H16O2S/c1-11-9(6-7-10)5-3-4-8-12-2/h3,5,7,9H,4,6,8H2,1-2H3/b5-3+. The lowest BCUT2D eigenvalue weighted by Crippen LogP contribution is -2.06. The zero-order valence-corrected chi connectivity index (χ0v) is 8.47. The molecule has 0 amide bonds. The molecule has 0 rings (SSSR count). The van der Waals surface area contributed by atoms with Crippen molar-refractivity contribution in [2.45, 2.75) is 18.9 Å². The molecule has 70 valence electrons. The summed E-state index contributed by atoms with van der Waals surface area (Å²) in [5, 5.41) is 0. The van der Waals surface area contributed by atoms with E-state index in [1.807, 2.05) is 17.8 Å². The number of carbonyl (C=O) groups is 1. The second-order valence-electron chi connectivity index (χ2n) is 2.39. The fourth-order valence-corrected chi connectivity index (χ4v) is 1.15. The third kappa shape index (κ3) is 6.43. The highest BCUT2D eigenvalue weighted by Crippen LogP contribution is 2.00. The van der Waals surface area contributed by atoms with Crippen LogP contribution in [0.2, 0.25) is 0 Å². The minimum atomic E-state index is -0.0376. The van der Waals surface area contributed by atoms with Crippen LogP contribution in [0, 0.1) is 0 Å². The van der Waals surface area contributed by atoms with Crippen LogP contribution in [0.5, 0.6) is 0 Å². The molecule has 1 unspecified atom stereocenters. The maximum Gasteiger partial charge on any atom is 0.122 e. The molecule has 0 bridgehead atoms. The first kappa shape index (κ1) is 11.7. The molecule has 0 fully saturated rings. The minimum absolute atomic E-state index is 0.0376. The first-order chi connectivity index (χ1) is 5.85. The van der Waals surface area contributed by atoms with Gasteiger partial charge in [0.05, 0.1) is 6.10 Å². The van der Waals surface area contributed by atoms with Crippen LogP contribution in [-0.2, 0) is 9.53 Å². The van der Waals surface area contributed by atoms with Gasteiger partial charge in [0, 0.05) is 13.5 Å². The van der Waals surface area contributed by atoms with Gasteiger partial charge in [-0.1, -0.05) is 12.2 Å². The van der Waals surface area contributed by atoms with Crippen LogP contribution >= 0.6 is 11.8 Å². The summed E-state index contributed by atoms with van der Waals surface area (Å²) < 4.78 is 5.05. The fraction of sp³-hybridized carbons (Fsp3) is 0.667. The van der Waals surface area contributed by atoms with Gasteiger partial charge in [0.1, 0.15) is 6.29 Å². The third-order valence-electron chi connectivity index (χ3n) is 1.47. The van der Waals surface area contributed by atoms with E-state index in [0.29, 0.717) is 6.42 Å². The molecule has 0 aliphatic carbocycles. The molecular weight excluding hydrogens is 172 g/mol. The van der Waals surface area contributed by atoms with E-state index in [4.69, 9.17) is 4.74 Å². The first-order valence-corrected chi connectivity index (χ1v) is 5.36. The fourth-order valence-electron chi connectivity index (χ4n) is 0.782. The molecule has 3 heteroatoms. The third-order valence-corrected chi connectivity index (χ3v) is 2.11. The average Bonchev–Trinajstić information content (AvgIpc) is 2.10. The topological polar surface area (TPSA) is 26.3 Å². The Labute approximate surface area is 78.4 Å². The van der Waals surface area contributed by atoms with Crippen LogP contribution < -0.4 is 0 Å². The van der Waals surface area contributed by atoms with Gasteiger partial charge in [-0.15, -0.1) is 0 Å². The van der Waals surface area contributed by atoms with E-state index >= 15 is 0 Å². The quantitative estimate of drug-likeness (QED) is 0.347. The van der Waals surface area contributed by atoms with Crippen LogP contribution in [-0.4, -0.2) is 31.5 Å². The molecule has 0 heterocycles. The van der Waals surface area contributed by atoms with Gasteiger partial charge < -0.3 is 9.53 Å². The minimum Gasteiger partial charge on any atom is -0.377 e. The summed E-state index contributed by atoms with van der Waals surface area (Å²) in [5.41, 5.74) is 0. The molecule has 0 spiro atoms. The van der Waals surface area contributed by atoms with E-state index < -0.39 is 0 Å². The Balaban J connectivity index is 3.53. The number of hydrogen-bond donors (Lipinski definition) is 0. The number of methoxy groups -OCH3 is 1. The lowest BCUT2D eigenvalue weighted by atomic mass is 10.2. The summed E-state index contributed by atoms with van der Waals surface area (Å²) in [7, 11) is 1.62. The molecule has 0 aromatic carbocycles. The van der Waals surface area contributed by atoms with E-state index in [1.165, 1.54) is 0 Å². The highest BCUT2D eigenvalue weighted by atomic mass is 32.2. The van der Waals surface area contributed by atoms with Crippen molar-refractivity contribution >= 4 is 18.0 Å². The molecule has 0 saturated carbocycles. The van der Waals surface area contributed by atoms with Crippen molar-refractivity contribution in [3.63, 3.8) is 0 Å². The molecule has 2 nitrogen and oxygen atoms in total. The van der Waals surface area contributed by atoms with Crippen molar-refractivity contribution in [2.24, 2.45) is 0 Å². The number of aldehydes is 1. The van der Waals surface area contributed by atoms with Crippen LogP contribution in [0.25, 0.3) is 0 Å². The van der Waals surface area contributed by atoms with Gasteiger partial charge in [-0.05, 0) is 18.4 Å². The number of hydrogen-bond acceptors (Lipinski definition) is 3. The number of allylic oxidation sites excluding steroid dienone is 1. The SMILES string of the molecule is COC(/C=C/CCSC)CC=O. The van der Waals surface area contributed by atoms with Crippen LogP contribution in [0.3, 0.4) is 0 Å². The van der Waals surface area contributed by atoms with Crippen molar-refractivity contribution in [1.29, 1.82) is 0 Å². The number of thioether (sulfide) groups is 1. The molecule has 0 radical (unpaired) electrons. The highest BCUT2D eigenvalue weighted by molar-refractivity contribution is 7.98. The monoisotopic (exact) mass is 188 g/mol. The summed E-state index contributed by atoms with van der Waals surface area (Å²) >= 11 is 1.81. The Hall–Kier alpha value is -0.280. The molecule has 0 saturated heterocycles. The van der Waals surface area contributed by atoms with Crippen LogP contribution in [0.15, 0.2) is 12.2 Å². The van der Waals surface area contributed by atoms with E-state index in [1.54, 1.807) is 7.11 Å². The lowest BCUT2D eigenvalue weighted by molar-refractivity contribution is -0.109. The summed E-state index contributed by atoms with van der Waals surface area (Å²) in [6.07, 6.45) is 8.43. The predicted molar refractivity (Wildman–Crippen MR) is 53.6 cm³/mol. The average molecular weight is 188 g/mol. The van der Waals surface area contributed by atoms with Crippen molar-refractivity contribution in [3.8, 4) is 0 Å². The van der Waals surface area contributed by atoms with E-state index in [0.717, 1.165) is 18.5 Å². The molecular formula is C9H16O2S. The number of rotatable bonds is 7. The van der Waals surface area contributed by atoms with E-state index in [9.17, 15) is 4.79 Å². The Bertz CT molecular complexity index is 134. The number of ether oxygens (including phenoxy) is 1. The Morgan fingerprint density at radius 3 is 2.83 bits per heavy atom. The maximum atomic E-state index is 10.1. The first-order valence-electron chi connectivity index (χ1n) is 3.97. The largest absolute Gasteiger partial charge is 0.377 e. The molecule has 12 heavy (non-hydrogen) atoms. The smallest absolute Gasteiger partial charge is 0.122 e. The van der Waals surface area contributed by atoms with E-state index in [-0.39, 0.29) is 6.10 Å². The van der Waals surface area contributed by atoms with Gasteiger partial charge in [-0.25, -0.2) is 0 Å². The van der Waals surface area contributed by atoms with Gasteiger partial charge in [-0.2, -0.15) is 11.8 Å². The molecule has 0 aliphatic heterocycles. The number of carbonyl (C=O) groups excluding carboxylic acids is 1. The molecule has 0 N–H and O–H groups in total. The molecule has 1 atom stereocenters. The molecule has 0 aromatic heterocycles. The van der Waals surface area contributed by atoms with Crippen molar-refractivity contribution in [1.82, 2.24) is 0 Å². The van der Waals surface area contributed by atoms with Crippen molar-refractivity contribution in [2.75, 3.05) is 19.1 Å². The zero-order chi connectivity index (χ0) is 9.23. The second kappa shape index (κ2) is 8.81. The molecule has 0 aliphatic rings. The van der Waals surface area contributed by atoms with Crippen molar-refractivity contribution in [3.05, 3.63) is 12.2 Å². The Kier molecular flexibility index (Phi) is 8.61. The van der Waals surface area contributed by atoms with Gasteiger partial charge in [0.2, 0.25) is 0 Å². The van der Waals surface area contributed by atoms with E-state index in [2.05, 4.69) is 12.3 Å². The summed E-state index contributed by atoms with van der Waals surface area (Å²) in [6, 6.07) is 0. The highest BCUT2D eigenvalue weighted by Gasteiger charge is 1.98. The van der Waals surface area contributed by atoms with Gasteiger partial charge >= 0.3 is 0 Å².